The topological polar surface area (TPSA) is 60.8 Å². The fraction of sp³-hybridized carbons (Fsp3) is 0.917. The number of carbonyl (C=O) groups is 1. The van der Waals surface area contributed by atoms with Crippen LogP contribution in [0.1, 0.15) is 33.1 Å². The van der Waals surface area contributed by atoms with Gasteiger partial charge < -0.3 is 10.2 Å². The maximum Gasteiger partial charge on any atom is 0.317 e. The number of aliphatic carboxylic acids is 1. The van der Waals surface area contributed by atoms with Crippen LogP contribution in [0.2, 0.25) is 0 Å². The molecule has 0 bridgehead atoms. The highest BCUT2D eigenvalue weighted by Gasteiger charge is 2.35. The van der Waals surface area contributed by atoms with Gasteiger partial charge in [-0.2, -0.15) is 0 Å². The Morgan fingerprint density at radius 3 is 2.69 bits per heavy atom. The molecule has 1 rings (SSSR count). The van der Waals surface area contributed by atoms with E-state index in [1.165, 1.54) is 0 Å². The summed E-state index contributed by atoms with van der Waals surface area (Å²) in [5.41, 5.74) is -0.0815. The molecule has 94 valence electrons. The highest BCUT2D eigenvalue weighted by molar-refractivity contribution is 5.69. The molecule has 0 aliphatic carbocycles. The standard InChI is InChI=1S/C12H23NO3/c1-10(2)6-12(9-14)4-3-5-13(8-12)7-11(15)16/h10,14H,3-9H2,1-2H3,(H,15,16)/t12-/m1/s1. The zero-order chi connectivity index (χ0) is 12.2. The van der Waals surface area contributed by atoms with Gasteiger partial charge in [0.05, 0.1) is 6.54 Å². The first-order chi connectivity index (χ1) is 7.47. The van der Waals surface area contributed by atoms with E-state index in [0.29, 0.717) is 12.5 Å². The van der Waals surface area contributed by atoms with Gasteiger partial charge in [-0.25, -0.2) is 0 Å². The van der Waals surface area contributed by atoms with E-state index in [4.69, 9.17) is 5.11 Å². The first kappa shape index (κ1) is 13.5. The van der Waals surface area contributed by atoms with Crippen molar-refractivity contribution in [1.29, 1.82) is 0 Å². The zero-order valence-corrected chi connectivity index (χ0v) is 10.3. The van der Waals surface area contributed by atoms with Gasteiger partial charge in [-0.15, -0.1) is 0 Å². The van der Waals surface area contributed by atoms with Crippen molar-refractivity contribution < 1.29 is 15.0 Å². The van der Waals surface area contributed by atoms with Crippen LogP contribution in [0, 0.1) is 11.3 Å². The smallest absolute Gasteiger partial charge is 0.317 e. The van der Waals surface area contributed by atoms with Gasteiger partial charge in [0.25, 0.3) is 0 Å². The number of aliphatic hydroxyl groups is 1. The Bertz CT molecular complexity index is 242. The minimum atomic E-state index is -0.779. The number of likely N-dealkylation sites (tertiary alicyclic amines) is 1. The lowest BCUT2D eigenvalue weighted by molar-refractivity contribution is -0.139. The number of hydrogen-bond acceptors (Lipinski definition) is 3. The maximum absolute atomic E-state index is 10.7. The fourth-order valence-corrected chi connectivity index (χ4v) is 2.86. The first-order valence-electron chi connectivity index (χ1n) is 6.02. The van der Waals surface area contributed by atoms with Gasteiger partial charge >= 0.3 is 5.97 Å². The van der Waals surface area contributed by atoms with Crippen molar-refractivity contribution >= 4 is 5.97 Å². The van der Waals surface area contributed by atoms with Crippen LogP contribution in [0.25, 0.3) is 0 Å². The summed E-state index contributed by atoms with van der Waals surface area (Å²) < 4.78 is 0. The Kier molecular flexibility index (Phi) is 4.74. The number of carboxylic acid groups (broad SMARTS) is 1. The Morgan fingerprint density at radius 2 is 2.19 bits per heavy atom. The second-order valence-electron chi connectivity index (χ2n) is 5.46. The van der Waals surface area contributed by atoms with Gasteiger partial charge in [-0.3, -0.25) is 9.69 Å². The molecule has 1 fully saturated rings. The molecular formula is C12H23NO3. The first-order valence-corrected chi connectivity index (χ1v) is 6.02. The molecule has 1 aliphatic heterocycles. The second kappa shape index (κ2) is 5.64. The van der Waals surface area contributed by atoms with Gasteiger partial charge in [0.1, 0.15) is 0 Å². The van der Waals surface area contributed by atoms with E-state index in [1.54, 1.807) is 0 Å². The fourth-order valence-electron chi connectivity index (χ4n) is 2.86. The molecule has 4 heteroatoms. The average molecular weight is 229 g/mol. The largest absolute Gasteiger partial charge is 0.480 e. The lowest BCUT2D eigenvalue weighted by atomic mass is 9.74. The van der Waals surface area contributed by atoms with Crippen LogP contribution in [0.3, 0.4) is 0 Å². The number of rotatable bonds is 5. The van der Waals surface area contributed by atoms with Gasteiger partial charge in [-0.1, -0.05) is 13.8 Å². The summed E-state index contributed by atoms with van der Waals surface area (Å²) >= 11 is 0. The highest BCUT2D eigenvalue weighted by Crippen LogP contribution is 2.35. The van der Waals surface area contributed by atoms with Crippen molar-refractivity contribution in [3.05, 3.63) is 0 Å². The molecule has 0 amide bonds. The van der Waals surface area contributed by atoms with E-state index in [-0.39, 0.29) is 18.6 Å². The summed E-state index contributed by atoms with van der Waals surface area (Å²) in [6, 6.07) is 0. The van der Waals surface area contributed by atoms with Crippen molar-refractivity contribution in [2.24, 2.45) is 11.3 Å². The van der Waals surface area contributed by atoms with E-state index >= 15 is 0 Å². The van der Waals surface area contributed by atoms with E-state index in [2.05, 4.69) is 13.8 Å². The third-order valence-corrected chi connectivity index (χ3v) is 3.28. The van der Waals surface area contributed by atoms with Gasteiger partial charge in [-0.05, 0) is 31.7 Å². The monoisotopic (exact) mass is 229 g/mol. The number of hydrogen-bond donors (Lipinski definition) is 2. The number of carboxylic acids is 1. The van der Waals surface area contributed by atoms with Crippen molar-refractivity contribution in [2.75, 3.05) is 26.2 Å². The molecule has 0 aromatic carbocycles. The molecule has 16 heavy (non-hydrogen) atoms. The summed E-state index contributed by atoms with van der Waals surface area (Å²) in [7, 11) is 0. The lowest BCUT2D eigenvalue weighted by Crippen LogP contribution is -2.47. The molecule has 0 saturated carbocycles. The van der Waals surface area contributed by atoms with Crippen LogP contribution < -0.4 is 0 Å². The Labute approximate surface area is 97.3 Å². The van der Waals surface area contributed by atoms with Crippen LogP contribution in [-0.2, 0) is 4.79 Å². The third kappa shape index (κ3) is 3.76. The predicted octanol–water partition coefficient (Wildman–Crippen LogP) is 1.19. The van der Waals surface area contributed by atoms with Crippen LogP contribution in [-0.4, -0.2) is 47.3 Å². The normalized spacial score (nSPS) is 27.2. The minimum absolute atomic E-state index is 0.0815. The van der Waals surface area contributed by atoms with E-state index in [9.17, 15) is 9.90 Å². The summed E-state index contributed by atoms with van der Waals surface area (Å²) in [5.74, 6) is -0.241. The molecule has 2 N–H and O–H groups in total. The molecule has 1 atom stereocenters. The van der Waals surface area contributed by atoms with E-state index < -0.39 is 5.97 Å². The van der Waals surface area contributed by atoms with Crippen LogP contribution in [0.15, 0.2) is 0 Å². The molecule has 1 aliphatic rings. The van der Waals surface area contributed by atoms with Crippen molar-refractivity contribution in [3.63, 3.8) is 0 Å². The summed E-state index contributed by atoms with van der Waals surface area (Å²) in [6.45, 7) is 6.11. The Balaban J connectivity index is 2.60. The molecule has 1 saturated heterocycles. The molecule has 4 nitrogen and oxygen atoms in total. The molecule has 0 aromatic rings. The van der Waals surface area contributed by atoms with Crippen molar-refractivity contribution in [3.8, 4) is 0 Å². The molecular weight excluding hydrogens is 206 g/mol. The van der Waals surface area contributed by atoms with Gasteiger partial charge in [0.15, 0.2) is 0 Å². The summed E-state index contributed by atoms with van der Waals surface area (Å²) in [5, 5.41) is 18.4. The summed E-state index contributed by atoms with van der Waals surface area (Å²) in [6.07, 6.45) is 2.97. The number of piperidine rings is 1. The molecule has 0 radical (unpaired) electrons. The van der Waals surface area contributed by atoms with Gasteiger partial charge in [0.2, 0.25) is 0 Å². The average Bonchev–Trinajstić information content (AvgIpc) is 2.16. The van der Waals surface area contributed by atoms with Crippen molar-refractivity contribution in [2.45, 2.75) is 33.1 Å². The van der Waals surface area contributed by atoms with Crippen LogP contribution in [0.5, 0.6) is 0 Å². The Morgan fingerprint density at radius 1 is 1.50 bits per heavy atom. The molecule has 0 spiro atoms. The summed E-state index contributed by atoms with van der Waals surface area (Å²) in [4.78, 5) is 12.6. The number of nitrogens with zero attached hydrogens (tertiary/aromatic N) is 1. The lowest BCUT2D eigenvalue weighted by Gasteiger charge is -2.42. The quantitative estimate of drug-likeness (QED) is 0.743. The highest BCUT2D eigenvalue weighted by atomic mass is 16.4. The molecule has 1 heterocycles. The second-order valence-corrected chi connectivity index (χ2v) is 5.46. The van der Waals surface area contributed by atoms with Crippen LogP contribution in [0.4, 0.5) is 0 Å². The predicted molar refractivity (Wildman–Crippen MR) is 62.3 cm³/mol. The minimum Gasteiger partial charge on any atom is -0.480 e. The Hall–Kier alpha value is -0.610. The molecule has 0 unspecified atom stereocenters. The number of aliphatic hydroxyl groups excluding tert-OH is 1. The molecule has 0 aromatic heterocycles. The third-order valence-electron chi connectivity index (χ3n) is 3.28. The van der Waals surface area contributed by atoms with E-state index in [1.807, 2.05) is 4.90 Å². The van der Waals surface area contributed by atoms with E-state index in [0.717, 1.165) is 25.8 Å². The van der Waals surface area contributed by atoms with Crippen molar-refractivity contribution in [1.82, 2.24) is 4.90 Å². The van der Waals surface area contributed by atoms with Crippen LogP contribution >= 0.6 is 0 Å². The van der Waals surface area contributed by atoms with Gasteiger partial charge in [0, 0.05) is 18.6 Å². The zero-order valence-electron chi connectivity index (χ0n) is 10.3. The SMILES string of the molecule is CC(C)C[C@]1(CO)CCCN(CC(=O)O)C1. The maximum atomic E-state index is 10.7.